The Labute approximate surface area is 109 Å². The fourth-order valence-electron chi connectivity index (χ4n) is 2.49. The van der Waals surface area contributed by atoms with Crippen molar-refractivity contribution in [1.82, 2.24) is 0 Å². The van der Waals surface area contributed by atoms with Crippen LogP contribution in [-0.2, 0) is 10.2 Å². The molecule has 0 spiro atoms. The summed E-state index contributed by atoms with van der Waals surface area (Å²) < 4.78 is 1.07. The Kier molecular flexibility index (Phi) is 3.13. The van der Waals surface area contributed by atoms with E-state index in [9.17, 15) is 4.79 Å². The van der Waals surface area contributed by atoms with Crippen molar-refractivity contribution in [3.63, 3.8) is 0 Å². The maximum absolute atomic E-state index is 10.8. The van der Waals surface area contributed by atoms with Gasteiger partial charge in [-0.25, -0.2) is 4.79 Å². The quantitative estimate of drug-likeness (QED) is 0.795. The molecular weight excluding hydrogens is 280 g/mol. The molecule has 1 aliphatic carbocycles. The molecule has 2 nitrogen and oxygen atoms in total. The van der Waals surface area contributed by atoms with Crippen LogP contribution >= 0.6 is 15.9 Å². The van der Waals surface area contributed by atoms with Crippen molar-refractivity contribution >= 4 is 27.5 Å². The van der Waals surface area contributed by atoms with E-state index in [4.69, 9.17) is 5.11 Å². The van der Waals surface area contributed by atoms with Crippen molar-refractivity contribution in [2.24, 2.45) is 0 Å². The summed E-state index contributed by atoms with van der Waals surface area (Å²) in [6.45, 7) is 4.41. The first-order valence-corrected chi connectivity index (χ1v) is 6.44. The minimum Gasteiger partial charge on any atom is -0.478 e. The molecule has 0 radical (unpaired) electrons. The fraction of sp³-hybridized carbons (Fsp3) is 0.357. The molecule has 1 N–H and O–H groups in total. The molecule has 1 aromatic rings. The van der Waals surface area contributed by atoms with Crippen LogP contribution in [0, 0.1) is 0 Å². The third kappa shape index (κ3) is 2.29. The average Bonchev–Trinajstić information content (AvgIpc) is 2.21. The summed E-state index contributed by atoms with van der Waals surface area (Å²) in [5.41, 5.74) is 3.30. The molecule has 1 aromatic carbocycles. The number of benzene rings is 1. The summed E-state index contributed by atoms with van der Waals surface area (Å²) in [7, 11) is 0. The van der Waals surface area contributed by atoms with Gasteiger partial charge in [0.2, 0.25) is 0 Å². The minimum atomic E-state index is -0.870. The normalized spacial score (nSPS) is 20.1. The summed E-state index contributed by atoms with van der Waals surface area (Å²) in [4.78, 5) is 10.8. The number of allylic oxidation sites excluding steroid dienone is 1. The zero-order chi connectivity index (χ0) is 12.6. The molecular formula is C14H15BrO2. The Morgan fingerprint density at radius 1 is 1.47 bits per heavy atom. The zero-order valence-electron chi connectivity index (χ0n) is 9.96. The molecule has 0 heterocycles. The molecule has 0 atom stereocenters. The largest absolute Gasteiger partial charge is 0.478 e. The van der Waals surface area contributed by atoms with Gasteiger partial charge in [0.25, 0.3) is 0 Å². The second-order valence-corrected chi connectivity index (χ2v) is 5.91. The van der Waals surface area contributed by atoms with Gasteiger partial charge in [-0.05, 0) is 41.0 Å². The molecule has 0 fully saturated rings. The predicted molar refractivity (Wildman–Crippen MR) is 72.0 cm³/mol. The monoisotopic (exact) mass is 294 g/mol. The van der Waals surface area contributed by atoms with Crippen LogP contribution in [0.4, 0.5) is 0 Å². The van der Waals surface area contributed by atoms with Crippen molar-refractivity contribution < 1.29 is 9.90 Å². The van der Waals surface area contributed by atoms with Gasteiger partial charge in [0, 0.05) is 10.5 Å². The zero-order valence-corrected chi connectivity index (χ0v) is 11.5. The summed E-state index contributed by atoms with van der Waals surface area (Å²) in [6, 6.07) is 5.99. The lowest BCUT2D eigenvalue weighted by molar-refractivity contribution is -0.131. The van der Waals surface area contributed by atoms with Gasteiger partial charge in [0.05, 0.1) is 0 Å². The minimum absolute atomic E-state index is 0.0886. The lowest BCUT2D eigenvalue weighted by atomic mass is 9.71. The Morgan fingerprint density at radius 2 is 2.18 bits per heavy atom. The molecule has 0 bridgehead atoms. The first kappa shape index (κ1) is 12.4. The van der Waals surface area contributed by atoms with Crippen molar-refractivity contribution in [3.05, 3.63) is 39.9 Å². The van der Waals surface area contributed by atoms with Gasteiger partial charge in [-0.1, -0.05) is 41.9 Å². The highest BCUT2D eigenvalue weighted by Crippen LogP contribution is 2.45. The smallest absolute Gasteiger partial charge is 0.328 e. The van der Waals surface area contributed by atoms with E-state index in [-0.39, 0.29) is 5.41 Å². The van der Waals surface area contributed by atoms with Gasteiger partial charge in [0.1, 0.15) is 0 Å². The second kappa shape index (κ2) is 4.30. The van der Waals surface area contributed by atoms with Crippen LogP contribution in [0.25, 0.3) is 5.57 Å². The molecule has 0 amide bonds. The standard InChI is InChI=1S/C14H15BrO2/c1-14(2)7-6-9(8-12(16)17)10-4-3-5-11(15)13(10)14/h3-5,8H,6-7H2,1-2H3,(H,16,17)/b9-8+. The van der Waals surface area contributed by atoms with Crippen LogP contribution in [0.2, 0.25) is 0 Å². The molecule has 0 unspecified atom stereocenters. The van der Waals surface area contributed by atoms with E-state index in [0.29, 0.717) is 0 Å². The lowest BCUT2D eigenvalue weighted by Crippen LogP contribution is -2.24. The van der Waals surface area contributed by atoms with E-state index in [0.717, 1.165) is 28.5 Å². The van der Waals surface area contributed by atoms with Crippen molar-refractivity contribution in [2.45, 2.75) is 32.1 Å². The third-order valence-electron chi connectivity index (χ3n) is 3.35. The first-order chi connectivity index (χ1) is 7.92. The first-order valence-electron chi connectivity index (χ1n) is 5.65. The Morgan fingerprint density at radius 3 is 2.82 bits per heavy atom. The Balaban J connectivity index is 2.64. The van der Waals surface area contributed by atoms with Gasteiger partial charge in [-0.2, -0.15) is 0 Å². The van der Waals surface area contributed by atoms with Crippen LogP contribution in [0.1, 0.15) is 37.8 Å². The van der Waals surface area contributed by atoms with Gasteiger partial charge >= 0.3 is 5.97 Å². The Bertz CT molecular complexity index is 501. The highest BCUT2D eigenvalue weighted by molar-refractivity contribution is 9.10. The Hall–Kier alpha value is -1.09. The molecule has 0 saturated carbocycles. The van der Waals surface area contributed by atoms with Gasteiger partial charge in [-0.15, -0.1) is 0 Å². The molecule has 0 aliphatic heterocycles. The maximum atomic E-state index is 10.8. The molecule has 1 aliphatic rings. The molecule has 0 aromatic heterocycles. The molecule has 3 heteroatoms. The van der Waals surface area contributed by atoms with Crippen LogP contribution < -0.4 is 0 Å². The summed E-state index contributed by atoms with van der Waals surface area (Å²) in [5.74, 6) is -0.870. The number of carbonyl (C=O) groups is 1. The number of fused-ring (bicyclic) bond motifs is 1. The van der Waals surface area contributed by atoms with Crippen molar-refractivity contribution in [3.8, 4) is 0 Å². The fourth-order valence-corrected chi connectivity index (χ4v) is 3.39. The number of hydrogen-bond acceptors (Lipinski definition) is 1. The number of carboxylic acid groups (broad SMARTS) is 1. The maximum Gasteiger partial charge on any atom is 0.328 e. The van der Waals surface area contributed by atoms with Crippen LogP contribution in [0.5, 0.6) is 0 Å². The lowest BCUT2D eigenvalue weighted by Gasteiger charge is -2.34. The van der Waals surface area contributed by atoms with E-state index in [1.807, 2.05) is 18.2 Å². The highest BCUT2D eigenvalue weighted by atomic mass is 79.9. The van der Waals surface area contributed by atoms with Gasteiger partial charge in [0.15, 0.2) is 0 Å². The summed E-state index contributed by atoms with van der Waals surface area (Å²) >= 11 is 3.58. The predicted octanol–water partition coefficient (Wildman–Crippen LogP) is 3.99. The molecule has 90 valence electrons. The number of rotatable bonds is 1. The van der Waals surface area contributed by atoms with Crippen molar-refractivity contribution in [2.75, 3.05) is 0 Å². The van der Waals surface area contributed by atoms with E-state index in [1.54, 1.807) is 0 Å². The van der Waals surface area contributed by atoms with E-state index in [1.165, 1.54) is 11.6 Å². The molecule has 17 heavy (non-hydrogen) atoms. The number of hydrogen-bond donors (Lipinski definition) is 1. The van der Waals surface area contributed by atoms with Gasteiger partial charge in [-0.3, -0.25) is 0 Å². The van der Waals surface area contributed by atoms with Gasteiger partial charge < -0.3 is 5.11 Å². The van der Waals surface area contributed by atoms with E-state index in [2.05, 4.69) is 29.8 Å². The second-order valence-electron chi connectivity index (χ2n) is 5.05. The van der Waals surface area contributed by atoms with E-state index >= 15 is 0 Å². The highest BCUT2D eigenvalue weighted by Gasteiger charge is 2.31. The van der Waals surface area contributed by atoms with Crippen molar-refractivity contribution in [1.29, 1.82) is 0 Å². The average molecular weight is 295 g/mol. The van der Waals surface area contributed by atoms with Crippen LogP contribution in [0.3, 0.4) is 0 Å². The molecule has 0 saturated heterocycles. The molecule has 2 rings (SSSR count). The summed E-state index contributed by atoms with van der Waals surface area (Å²) in [6.07, 6.45) is 3.13. The number of aliphatic carboxylic acids is 1. The SMILES string of the molecule is CC1(C)CC/C(=C\C(=O)O)c2cccc(Br)c21. The topological polar surface area (TPSA) is 37.3 Å². The third-order valence-corrected chi connectivity index (χ3v) is 4.01. The van der Waals surface area contributed by atoms with Crippen LogP contribution in [-0.4, -0.2) is 11.1 Å². The number of halogens is 1. The van der Waals surface area contributed by atoms with Crippen LogP contribution in [0.15, 0.2) is 28.7 Å². The number of carboxylic acids is 1. The van der Waals surface area contributed by atoms with E-state index < -0.39 is 5.97 Å². The summed E-state index contributed by atoms with van der Waals surface area (Å²) in [5, 5.41) is 8.90.